The van der Waals surface area contributed by atoms with Gasteiger partial charge in [0.05, 0.1) is 0 Å². The quantitative estimate of drug-likeness (QED) is 0.156. The second-order valence-corrected chi connectivity index (χ2v) is 10.9. The van der Waals surface area contributed by atoms with Crippen LogP contribution in [0.2, 0.25) is 0 Å². The van der Waals surface area contributed by atoms with Gasteiger partial charge >= 0.3 is 0 Å². The van der Waals surface area contributed by atoms with Crippen LogP contribution >= 0.6 is 23.2 Å². The fourth-order valence-electron chi connectivity index (χ4n) is 5.02. The van der Waals surface area contributed by atoms with Crippen LogP contribution < -0.4 is 0 Å². The van der Waals surface area contributed by atoms with Crippen LogP contribution in [-0.2, 0) is 35.6 Å². The van der Waals surface area contributed by atoms with Crippen LogP contribution in [0.15, 0.2) is 120 Å². The van der Waals surface area contributed by atoms with Gasteiger partial charge in [0, 0.05) is 25.8 Å². The van der Waals surface area contributed by atoms with Gasteiger partial charge in [0.15, 0.2) is 0 Å². The van der Waals surface area contributed by atoms with Crippen LogP contribution in [-0.4, -0.2) is 9.52 Å². The zero-order valence-corrected chi connectivity index (χ0v) is 24.4. The summed E-state index contributed by atoms with van der Waals surface area (Å²) in [5.41, 5.74) is 6.80. The van der Waals surface area contributed by atoms with Crippen molar-refractivity contribution in [3.05, 3.63) is 153 Å². The molecule has 0 amide bonds. The summed E-state index contributed by atoms with van der Waals surface area (Å²) in [6.07, 6.45) is 4.53. The molecule has 2 unspecified atom stereocenters. The van der Waals surface area contributed by atoms with Crippen LogP contribution in [0.5, 0.6) is 0 Å². The minimum Gasteiger partial charge on any atom is -0.104 e. The minimum atomic E-state index is -0.708. The first-order valence-electron chi connectivity index (χ1n) is 11.0. The first-order valence-corrected chi connectivity index (χ1v) is 12.8. The fraction of sp³-hybridized carbons (Fsp3) is 0.0667. The van der Waals surface area contributed by atoms with E-state index in [1.54, 1.807) is 0 Å². The Labute approximate surface area is 231 Å². The number of allylic oxidation sites excluding steroid dienone is 2. The zero-order valence-electron chi connectivity index (χ0n) is 18.3. The molecule has 0 nitrogen and oxygen atoms in total. The van der Waals surface area contributed by atoms with Crippen LogP contribution in [0.3, 0.4) is 0 Å². The zero-order chi connectivity index (χ0) is 22.5. The Bertz CT molecular complexity index is 1310. The number of alkyl halides is 2. The number of rotatable bonds is 4. The Balaban J connectivity index is 0.00000241. The molecule has 4 aromatic rings. The summed E-state index contributed by atoms with van der Waals surface area (Å²) in [5.74, 6) is 0. The number of hydrogen-bond acceptors (Lipinski definition) is 0. The average Bonchev–Trinajstić information content (AvgIpc) is 3.33. The molecular formula is C30H20Cl2HfSi. The molecule has 0 N–H and O–H groups in total. The molecule has 2 radical (unpaired) electrons. The largest absolute Gasteiger partial charge is 0.116 e. The molecular weight excluding hydrogens is 638 g/mol. The normalized spacial score (nSPS) is 22.3. The van der Waals surface area contributed by atoms with Crippen molar-refractivity contribution >= 4 is 44.9 Å². The summed E-state index contributed by atoms with van der Waals surface area (Å²) in [6.45, 7) is 0. The van der Waals surface area contributed by atoms with Crippen molar-refractivity contribution in [2.24, 2.45) is 0 Å². The molecule has 0 saturated heterocycles. The number of halogens is 2. The van der Waals surface area contributed by atoms with Crippen molar-refractivity contribution in [1.29, 1.82) is 0 Å². The van der Waals surface area contributed by atoms with E-state index in [9.17, 15) is 0 Å². The van der Waals surface area contributed by atoms with Crippen LogP contribution in [0, 0.1) is 0 Å². The standard InChI is InChI=1S/C30H20Cl2Si.Hf/c31-29(23-13-3-1-4-14-23)25-17-9-7-11-21(25)19-27(29)33-28-20-22-12-8-10-18-26(22)30(28,32)24-15-5-2-6-16-24;/h1-20H;. The maximum absolute atomic E-state index is 7.59. The van der Waals surface area contributed by atoms with E-state index in [4.69, 9.17) is 23.2 Å². The molecule has 2 aliphatic carbocycles. The van der Waals surface area contributed by atoms with Crippen LogP contribution in [0.1, 0.15) is 33.4 Å². The fourth-order valence-corrected chi connectivity index (χ4v) is 7.66. The Morgan fingerprint density at radius 3 is 1.24 bits per heavy atom. The third-order valence-corrected chi connectivity index (χ3v) is 9.76. The minimum absolute atomic E-state index is 0. The van der Waals surface area contributed by atoms with Crippen molar-refractivity contribution in [3.8, 4) is 0 Å². The van der Waals surface area contributed by atoms with Gasteiger partial charge in [-0.15, -0.1) is 23.2 Å². The van der Waals surface area contributed by atoms with Crippen molar-refractivity contribution in [1.82, 2.24) is 0 Å². The SMILES string of the molecule is ClC1(c2ccccc2)C([Si]C2=Cc3ccccc3C2(Cl)c2ccccc2)=Cc2ccccc21.[Hf]. The Kier molecular flexibility index (Phi) is 6.45. The van der Waals surface area contributed by atoms with E-state index < -0.39 is 9.75 Å². The summed E-state index contributed by atoms with van der Waals surface area (Å²) in [7, 11) is 0.344. The van der Waals surface area contributed by atoms with Gasteiger partial charge in [-0.1, -0.05) is 132 Å². The van der Waals surface area contributed by atoms with Crippen molar-refractivity contribution < 1.29 is 25.8 Å². The smallest absolute Gasteiger partial charge is 0.104 e. The van der Waals surface area contributed by atoms with Crippen LogP contribution in [0.4, 0.5) is 0 Å². The van der Waals surface area contributed by atoms with Crippen LogP contribution in [0.25, 0.3) is 12.2 Å². The van der Waals surface area contributed by atoms with E-state index in [1.807, 2.05) is 12.1 Å². The summed E-state index contributed by atoms with van der Waals surface area (Å²) in [5, 5.41) is 2.35. The molecule has 0 aromatic heterocycles. The second kappa shape index (κ2) is 9.24. The second-order valence-electron chi connectivity index (χ2n) is 8.46. The van der Waals surface area contributed by atoms with Gasteiger partial charge in [0.1, 0.15) is 19.3 Å². The predicted octanol–water partition coefficient (Wildman–Crippen LogP) is 7.76. The van der Waals surface area contributed by atoms with Crippen molar-refractivity contribution in [2.75, 3.05) is 0 Å². The average molecular weight is 658 g/mol. The number of fused-ring (bicyclic) bond motifs is 2. The summed E-state index contributed by atoms with van der Waals surface area (Å²) in [4.78, 5) is -1.42. The van der Waals surface area contributed by atoms with Gasteiger partial charge in [-0.05, 0) is 33.4 Å². The third-order valence-electron chi connectivity index (χ3n) is 6.62. The molecule has 0 spiro atoms. The van der Waals surface area contributed by atoms with E-state index in [0.717, 1.165) is 22.3 Å². The van der Waals surface area contributed by atoms with Crippen molar-refractivity contribution in [2.45, 2.75) is 9.75 Å². The molecule has 34 heavy (non-hydrogen) atoms. The number of benzene rings is 4. The Hall–Kier alpha value is -1.97. The van der Waals surface area contributed by atoms with Gasteiger partial charge in [-0.3, -0.25) is 0 Å². The summed E-state index contributed by atoms with van der Waals surface area (Å²) < 4.78 is 0. The molecule has 2 atom stereocenters. The number of hydrogen-bond donors (Lipinski definition) is 0. The van der Waals surface area contributed by atoms with E-state index in [0.29, 0.717) is 9.52 Å². The van der Waals surface area contributed by atoms with E-state index >= 15 is 0 Å². The Morgan fingerprint density at radius 1 is 0.471 bits per heavy atom. The molecule has 0 saturated carbocycles. The molecule has 0 fully saturated rings. The molecule has 0 heterocycles. The first kappa shape index (κ1) is 23.8. The van der Waals surface area contributed by atoms with E-state index in [2.05, 4.69) is 109 Å². The molecule has 0 bridgehead atoms. The van der Waals surface area contributed by atoms with E-state index in [-0.39, 0.29) is 25.8 Å². The molecule has 4 aromatic carbocycles. The summed E-state index contributed by atoms with van der Waals surface area (Å²) >= 11 is 15.2. The predicted molar refractivity (Wildman–Crippen MR) is 141 cm³/mol. The maximum Gasteiger partial charge on any atom is 0.116 e. The third kappa shape index (κ3) is 3.58. The van der Waals surface area contributed by atoms with Crippen molar-refractivity contribution in [3.63, 3.8) is 0 Å². The van der Waals surface area contributed by atoms with Gasteiger partial charge < -0.3 is 0 Å². The molecule has 0 aliphatic heterocycles. The van der Waals surface area contributed by atoms with Gasteiger partial charge in [0.2, 0.25) is 0 Å². The molecule has 162 valence electrons. The molecule has 6 rings (SSSR count). The molecule has 2 aliphatic rings. The Morgan fingerprint density at radius 2 is 0.824 bits per heavy atom. The van der Waals surface area contributed by atoms with Gasteiger partial charge in [-0.25, -0.2) is 0 Å². The van der Waals surface area contributed by atoms with E-state index in [1.165, 1.54) is 21.5 Å². The maximum atomic E-state index is 7.59. The summed E-state index contributed by atoms with van der Waals surface area (Å²) in [6, 6.07) is 37.7. The molecule has 4 heteroatoms. The van der Waals surface area contributed by atoms with Gasteiger partial charge in [-0.2, -0.15) is 0 Å². The topological polar surface area (TPSA) is 0 Å². The van der Waals surface area contributed by atoms with Gasteiger partial charge in [0.25, 0.3) is 0 Å². The monoisotopic (exact) mass is 658 g/mol. The first-order chi connectivity index (χ1) is 16.1.